The summed E-state index contributed by atoms with van der Waals surface area (Å²) in [6.07, 6.45) is -0.729. The zero-order valence-corrected chi connectivity index (χ0v) is 11.5. The first-order chi connectivity index (χ1) is 7.86. The van der Waals surface area contributed by atoms with Crippen LogP contribution in [0.1, 0.15) is 34.1 Å². The van der Waals surface area contributed by atoms with Gasteiger partial charge >= 0.3 is 12.1 Å². The Bertz CT molecular complexity index is 254. The summed E-state index contributed by atoms with van der Waals surface area (Å²) in [7, 11) is 0. The molecule has 0 rings (SSSR count). The molecule has 0 heterocycles. The van der Waals surface area contributed by atoms with Gasteiger partial charge in [-0.2, -0.15) is 0 Å². The highest BCUT2D eigenvalue weighted by atomic mass is 32.1. The number of thiol groups is 1. The van der Waals surface area contributed by atoms with E-state index in [9.17, 15) is 9.59 Å². The molecule has 3 atom stereocenters. The van der Waals surface area contributed by atoms with Crippen LogP contribution in [0, 0.1) is 5.92 Å². The Morgan fingerprint density at radius 1 is 1.18 bits per heavy atom. The van der Waals surface area contributed by atoms with Crippen molar-refractivity contribution in [2.45, 2.75) is 45.7 Å². The first-order valence-electron chi connectivity index (χ1n) is 5.58. The lowest BCUT2D eigenvalue weighted by atomic mass is 10.1. The SMILES string of the molecule is CCOC(=O)OC(C)CC(C)C(=O)OC(C)S. The van der Waals surface area contributed by atoms with E-state index >= 15 is 0 Å². The van der Waals surface area contributed by atoms with E-state index in [0.717, 1.165) is 0 Å². The monoisotopic (exact) mass is 264 g/mol. The van der Waals surface area contributed by atoms with Gasteiger partial charge in [-0.3, -0.25) is 4.79 Å². The lowest BCUT2D eigenvalue weighted by Crippen LogP contribution is -2.24. The lowest BCUT2D eigenvalue weighted by molar-refractivity contribution is -0.149. The Kier molecular flexibility index (Phi) is 7.78. The molecule has 0 aromatic rings. The fraction of sp³-hybridized carbons (Fsp3) is 0.818. The molecule has 100 valence electrons. The average Bonchev–Trinajstić information content (AvgIpc) is 2.16. The quantitative estimate of drug-likeness (QED) is 0.453. The highest BCUT2D eigenvalue weighted by molar-refractivity contribution is 7.80. The van der Waals surface area contributed by atoms with Gasteiger partial charge in [0.2, 0.25) is 0 Å². The predicted molar refractivity (Wildman–Crippen MR) is 65.9 cm³/mol. The fourth-order valence-corrected chi connectivity index (χ4v) is 1.35. The molecule has 3 unspecified atom stereocenters. The zero-order valence-electron chi connectivity index (χ0n) is 10.6. The first-order valence-corrected chi connectivity index (χ1v) is 6.10. The van der Waals surface area contributed by atoms with Crippen LogP contribution in [0.5, 0.6) is 0 Å². The van der Waals surface area contributed by atoms with E-state index in [4.69, 9.17) is 9.47 Å². The first kappa shape index (κ1) is 16.1. The Balaban J connectivity index is 3.98. The molecule has 0 spiro atoms. The minimum absolute atomic E-state index is 0.264. The maximum Gasteiger partial charge on any atom is 0.508 e. The lowest BCUT2D eigenvalue weighted by Gasteiger charge is -2.17. The Morgan fingerprint density at radius 3 is 2.24 bits per heavy atom. The second kappa shape index (κ2) is 8.22. The van der Waals surface area contributed by atoms with Crippen LogP contribution < -0.4 is 0 Å². The molecular weight excluding hydrogens is 244 g/mol. The number of hydrogen-bond acceptors (Lipinski definition) is 6. The zero-order chi connectivity index (χ0) is 13.4. The molecule has 0 fully saturated rings. The largest absolute Gasteiger partial charge is 0.508 e. The van der Waals surface area contributed by atoms with Gasteiger partial charge in [0.25, 0.3) is 0 Å². The third kappa shape index (κ3) is 7.90. The summed E-state index contributed by atoms with van der Waals surface area (Å²) < 4.78 is 14.5. The van der Waals surface area contributed by atoms with Gasteiger partial charge in [0, 0.05) is 0 Å². The summed E-state index contributed by atoms with van der Waals surface area (Å²) in [6.45, 7) is 7.03. The predicted octanol–water partition coefficient (Wildman–Crippen LogP) is 2.39. The van der Waals surface area contributed by atoms with Crippen LogP contribution in [0.25, 0.3) is 0 Å². The normalized spacial score (nSPS) is 15.6. The summed E-state index contributed by atoms with van der Waals surface area (Å²) in [5.74, 6) is -0.708. The van der Waals surface area contributed by atoms with Crippen LogP contribution in [-0.2, 0) is 19.0 Å². The summed E-state index contributed by atoms with van der Waals surface area (Å²) >= 11 is 3.96. The van der Waals surface area contributed by atoms with Crippen molar-refractivity contribution in [3.05, 3.63) is 0 Å². The molecule has 6 heteroatoms. The molecule has 17 heavy (non-hydrogen) atoms. The summed E-state index contributed by atoms with van der Waals surface area (Å²) in [5, 5.41) is 0. The van der Waals surface area contributed by atoms with Crippen molar-refractivity contribution in [2.24, 2.45) is 5.92 Å². The van der Waals surface area contributed by atoms with Crippen LogP contribution in [0.15, 0.2) is 0 Å². The molecule has 0 saturated heterocycles. The van der Waals surface area contributed by atoms with Crippen LogP contribution in [0.2, 0.25) is 0 Å². The van der Waals surface area contributed by atoms with Gasteiger partial charge in [0.15, 0.2) is 0 Å². The molecule has 0 N–H and O–H groups in total. The van der Waals surface area contributed by atoms with E-state index in [0.29, 0.717) is 6.42 Å². The fourth-order valence-electron chi connectivity index (χ4n) is 1.24. The molecule has 0 aromatic heterocycles. The van der Waals surface area contributed by atoms with Gasteiger partial charge < -0.3 is 14.2 Å². The number of carbonyl (C=O) groups excluding carboxylic acids is 2. The number of ether oxygens (including phenoxy) is 3. The van der Waals surface area contributed by atoms with Crippen molar-refractivity contribution in [3.8, 4) is 0 Å². The third-order valence-electron chi connectivity index (χ3n) is 1.93. The van der Waals surface area contributed by atoms with Crippen molar-refractivity contribution >= 4 is 24.8 Å². The van der Waals surface area contributed by atoms with Crippen molar-refractivity contribution in [1.29, 1.82) is 0 Å². The molecule has 0 aliphatic carbocycles. The topological polar surface area (TPSA) is 61.8 Å². The molecule has 0 aliphatic rings. The van der Waals surface area contributed by atoms with Crippen molar-refractivity contribution in [1.82, 2.24) is 0 Å². The molecular formula is C11H20O5S. The van der Waals surface area contributed by atoms with Gasteiger partial charge in [-0.1, -0.05) is 6.92 Å². The molecule has 5 nitrogen and oxygen atoms in total. The third-order valence-corrected chi connectivity index (χ3v) is 2.04. The Morgan fingerprint density at radius 2 is 1.76 bits per heavy atom. The number of carbonyl (C=O) groups is 2. The van der Waals surface area contributed by atoms with Crippen LogP contribution in [0.3, 0.4) is 0 Å². The van der Waals surface area contributed by atoms with Crippen LogP contribution >= 0.6 is 12.6 Å². The van der Waals surface area contributed by atoms with E-state index in [1.807, 2.05) is 0 Å². The van der Waals surface area contributed by atoms with E-state index in [1.165, 1.54) is 0 Å². The minimum Gasteiger partial charge on any atom is -0.452 e. The Hall–Kier alpha value is -0.910. The smallest absolute Gasteiger partial charge is 0.452 e. The second-order valence-corrected chi connectivity index (χ2v) is 4.51. The van der Waals surface area contributed by atoms with Crippen molar-refractivity contribution < 1.29 is 23.8 Å². The highest BCUT2D eigenvalue weighted by Gasteiger charge is 2.21. The molecule has 0 radical (unpaired) electrons. The standard InChI is InChI=1S/C11H20O5S/c1-5-14-11(13)15-8(3)6-7(2)10(12)16-9(4)17/h7-9,17H,5-6H2,1-4H3. The summed E-state index contributed by atoms with van der Waals surface area (Å²) in [4.78, 5) is 22.5. The molecule has 0 amide bonds. The van der Waals surface area contributed by atoms with Gasteiger partial charge in [-0.25, -0.2) is 4.79 Å². The summed E-state index contributed by atoms with van der Waals surface area (Å²) in [5.41, 5.74) is -0.439. The van der Waals surface area contributed by atoms with Crippen LogP contribution in [-0.4, -0.2) is 30.3 Å². The molecule has 0 aromatic carbocycles. The number of rotatable bonds is 6. The maximum absolute atomic E-state index is 11.5. The maximum atomic E-state index is 11.5. The van der Waals surface area contributed by atoms with Gasteiger partial charge in [0.05, 0.1) is 12.5 Å². The van der Waals surface area contributed by atoms with E-state index in [-0.39, 0.29) is 18.5 Å². The second-order valence-electron chi connectivity index (χ2n) is 3.78. The Labute approximate surface area is 107 Å². The van der Waals surface area contributed by atoms with Gasteiger partial charge in [0.1, 0.15) is 11.5 Å². The number of esters is 1. The minimum atomic E-state index is -0.719. The molecule has 0 bridgehead atoms. The van der Waals surface area contributed by atoms with Crippen molar-refractivity contribution in [2.75, 3.05) is 6.61 Å². The van der Waals surface area contributed by atoms with E-state index in [2.05, 4.69) is 17.4 Å². The van der Waals surface area contributed by atoms with Gasteiger partial charge in [-0.15, -0.1) is 12.6 Å². The van der Waals surface area contributed by atoms with E-state index in [1.54, 1.807) is 27.7 Å². The summed E-state index contributed by atoms with van der Waals surface area (Å²) in [6, 6.07) is 0. The van der Waals surface area contributed by atoms with Gasteiger partial charge in [-0.05, 0) is 27.2 Å². The van der Waals surface area contributed by atoms with E-state index < -0.39 is 17.7 Å². The van der Waals surface area contributed by atoms with Crippen LogP contribution in [0.4, 0.5) is 4.79 Å². The molecule has 0 saturated carbocycles. The average molecular weight is 264 g/mol. The highest BCUT2D eigenvalue weighted by Crippen LogP contribution is 2.13. The molecule has 0 aliphatic heterocycles. The van der Waals surface area contributed by atoms with Crippen molar-refractivity contribution in [3.63, 3.8) is 0 Å². The number of hydrogen-bond donors (Lipinski definition) is 1.